The van der Waals surface area contributed by atoms with E-state index in [1.54, 1.807) is 11.3 Å². The second kappa shape index (κ2) is 7.03. The molecule has 3 rings (SSSR count). The fraction of sp³-hybridized carbons (Fsp3) is 0.412. The van der Waals surface area contributed by atoms with Gasteiger partial charge in [-0.15, -0.1) is 11.3 Å². The van der Waals surface area contributed by atoms with Crippen LogP contribution in [0.3, 0.4) is 0 Å². The van der Waals surface area contributed by atoms with Gasteiger partial charge in [0.1, 0.15) is 6.10 Å². The van der Waals surface area contributed by atoms with Gasteiger partial charge in [0, 0.05) is 24.4 Å². The van der Waals surface area contributed by atoms with Crippen molar-refractivity contribution >= 4 is 17.0 Å². The maximum Gasteiger partial charge on any atom is 0.145 e. The summed E-state index contributed by atoms with van der Waals surface area (Å²) in [6, 6.07) is 10.3. The number of oxime groups is 1. The van der Waals surface area contributed by atoms with Crippen molar-refractivity contribution in [2.24, 2.45) is 5.16 Å². The van der Waals surface area contributed by atoms with Crippen LogP contribution in [0.25, 0.3) is 0 Å². The number of thiazole rings is 1. The first-order valence-electron chi connectivity index (χ1n) is 7.58. The quantitative estimate of drug-likeness (QED) is 0.822. The third-order valence-electron chi connectivity index (χ3n) is 3.92. The second-order valence-electron chi connectivity index (χ2n) is 5.71. The Morgan fingerprint density at radius 1 is 1.32 bits per heavy atom. The lowest BCUT2D eigenvalue weighted by atomic mass is 10.1. The first-order valence-corrected chi connectivity index (χ1v) is 8.46. The summed E-state index contributed by atoms with van der Waals surface area (Å²) in [7, 11) is 2.14. The van der Waals surface area contributed by atoms with E-state index in [0.717, 1.165) is 42.9 Å². The highest BCUT2D eigenvalue weighted by Crippen LogP contribution is 2.18. The molecule has 0 radical (unpaired) electrons. The third-order valence-corrected chi connectivity index (χ3v) is 4.92. The summed E-state index contributed by atoms with van der Waals surface area (Å²) in [5, 5.41) is 4.25. The smallest absolute Gasteiger partial charge is 0.145 e. The fourth-order valence-corrected chi connectivity index (χ4v) is 3.40. The summed E-state index contributed by atoms with van der Waals surface area (Å²) in [6.45, 7) is 3.99. The average Bonchev–Trinajstić information content (AvgIpc) is 3.15. The Kier molecular flexibility index (Phi) is 4.85. The molecule has 1 aromatic carbocycles. The van der Waals surface area contributed by atoms with Crippen molar-refractivity contribution in [3.05, 3.63) is 52.0 Å². The van der Waals surface area contributed by atoms with Crippen LogP contribution in [0.5, 0.6) is 0 Å². The summed E-state index contributed by atoms with van der Waals surface area (Å²) >= 11 is 1.74. The number of hydrogen-bond acceptors (Lipinski definition) is 5. The SMILES string of the molecule is Cc1ncsc1CCN(C)C[C@H]1CC(c2ccccc2)=NO1. The molecule has 0 saturated heterocycles. The van der Waals surface area contributed by atoms with Gasteiger partial charge < -0.3 is 9.74 Å². The fourth-order valence-electron chi connectivity index (χ4n) is 2.62. The third kappa shape index (κ3) is 3.72. The molecule has 0 bridgehead atoms. The molecule has 2 heterocycles. The van der Waals surface area contributed by atoms with Crippen molar-refractivity contribution in [2.75, 3.05) is 20.1 Å². The topological polar surface area (TPSA) is 37.7 Å². The van der Waals surface area contributed by atoms with Crippen LogP contribution in [0.1, 0.15) is 22.6 Å². The van der Waals surface area contributed by atoms with Crippen LogP contribution in [0.4, 0.5) is 0 Å². The van der Waals surface area contributed by atoms with Gasteiger partial charge in [-0.3, -0.25) is 0 Å². The summed E-state index contributed by atoms with van der Waals surface area (Å²) < 4.78 is 0. The molecule has 4 nitrogen and oxygen atoms in total. The van der Waals surface area contributed by atoms with Gasteiger partial charge in [-0.1, -0.05) is 35.5 Å². The Hall–Kier alpha value is -1.72. The van der Waals surface area contributed by atoms with Crippen molar-refractivity contribution < 1.29 is 4.84 Å². The maximum atomic E-state index is 5.59. The maximum absolute atomic E-state index is 5.59. The summed E-state index contributed by atoms with van der Waals surface area (Å²) in [5.74, 6) is 0. The summed E-state index contributed by atoms with van der Waals surface area (Å²) in [5.41, 5.74) is 5.29. The van der Waals surface area contributed by atoms with Crippen molar-refractivity contribution in [1.82, 2.24) is 9.88 Å². The Balaban J connectivity index is 1.46. The molecule has 1 aliphatic rings. The monoisotopic (exact) mass is 315 g/mol. The minimum Gasteiger partial charge on any atom is -0.390 e. The zero-order chi connectivity index (χ0) is 15.4. The standard InChI is InChI=1S/C17H21N3OS/c1-13-17(22-12-18-13)8-9-20(2)11-15-10-16(19-21-15)14-6-4-3-5-7-14/h3-7,12,15H,8-11H2,1-2H3/t15-/m1/s1. The minimum absolute atomic E-state index is 0.155. The van der Waals surface area contributed by atoms with E-state index < -0.39 is 0 Å². The molecular weight excluding hydrogens is 294 g/mol. The van der Waals surface area contributed by atoms with Gasteiger partial charge in [-0.05, 0) is 26.0 Å². The lowest BCUT2D eigenvalue weighted by Crippen LogP contribution is -2.31. The molecular formula is C17H21N3OS. The van der Waals surface area contributed by atoms with Crippen molar-refractivity contribution in [3.63, 3.8) is 0 Å². The molecule has 0 amide bonds. The molecule has 22 heavy (non-hydrogen) atoms. The molecule has 116 valence electrons. The summed E-state index contributed by atoms with van der Waals surface area (Å²) in [6.07, 6.45) is 2.09. The molecule has 0 saturated carbocycles. The largest absolute Gasteiger partial charge is 0.390 e. The van der Waals surface area contributed by atoms with Gasteiger partial charge >= 0.3 is 0 Å². The Morgan fingerprint density at radius 3 is 2.86 bits per heavy atom. The van der Waals surface area contributed by atoms with E-state index in [0.29, 0.717) is 0 Å². The molecule has 1 aliphatic heterocycles. The van der Waals surface area contributed by atoms with E-state index in [2.05, 4.69) is 41.1 Å². The Labute approximate surface area is 135 Å². The summed E-state index contributed by atoms with van der Waals surface area (Å²) in [4.78, 5) is 13.6. The van der Waals surface area contributed by atoms with E-state index in [-0.39, 0.29) is 6.10 Å². The van der Waals surface area contributed by atoms with Crippen LogP contribution in [0.2, 0.25) is 0 Å². The number of hydrogen-bond donors (Lipinski definition) is 0. The van der Waals surface area contributed by atoms with E-state index >= 15 is 0 Å². The number of benzene rings is 1. The van der Waals surface area contributed by atoms with Gasteiger partial charge in [0.05, 0.1) is 16.9 Å². The van der Waals surface area contributed by atoms with Crippen LogP contribution in [-0.2, 0) is 11.3 Å². The van der Waals surface area contributed by atoms with E-state index in [4.69, 9.17) is 4.84 Å². The minimum atomic E-state index is 0.155. The zero-order valence-electron chi connectivity index (χ0n) is 13.0. The normalized spacial score (nSPS) is 17.6. The molecule has 0 N–H and O–H groups in total. The van der Waals surface area contributed by atoms with Crippen molar-refractivity contribution in [1.29, 1.82) is 0 Å². The van der Waals surface area contributed by atoms with Crippen LogP contribution >= 0.6 is 11.3 Å². The Morgan fingerprint density at radius 2 is 2.14 bits per heavy atom. The number of aryl methyl sites for hydroxylation is 1. The molecule has 2 aromatic rings. The van der Waals surface area contributed by atoms with Crippen molar-refractivity contribution in [2.45, 2.75) is 25.9 Å². The van der Waals surface area contributed by atoms with Gasteiger partial charge in [0.2, 0.25) is 0 Å². The highest BCUT2D eigenvalue weighted by Gasteiger charge is 2.23. The van der Waals surface area contributed by atoms with Crippen LogP contribution < -0.4 is 0 Å². The predicted molar refractivity (Wildman–Crippen MR) is 90.5 cm³/mol. The molecule has 1 aromatic heterocycles. The number of rotatable bonds is 6. The number of likely N-dealkylation sites (N-methyl/N-ethyl adjacent to an activating group) is 1. The highest BCUT2D eigenvalue weighted by atomic mass is 32.1. The average molecular weight is 315 g/mol. The molecule has 0 unspecified atom stereocenters. The molecule has 0 fully saturated rings. The lowest BCUT2D eigenvalue weighted by molar-refractivity contribution is 0.0597. The second-order valence-corrected chi connectivity index (χ2v) is 6.65. The van der Waals surface area contributed by atoms with Crippen LogP contribution in [0.15, 0.2) is 41.0 Å². The van der Waals surface area contributed by atoms with E-state index in [9.17, 15) is 0 Å². The lowest BCUT2D eigenvalue weighted by Gasteiger charge is -2.19. The Bertz CT molecular complexity index is 638. The molecule has 0 aliphatic carbocycles. The van der Waals surface area contributed by atoms with Gasteiger partial charge in [-0.25, -0.2) is 4.98 Å². The zero-order valence-corrected chi connectivity index (χ0v) is 13.8. The first kappa shape index (κ1) is 15.2. The first-order chi connectivity index (χ1) is 10.7. The van der Waals surface area contributed by atoms with Gasteiger partial charge in [-0.2, -0.15) is 0 Å². The van der Waals surface area contributed by atoms with Gasteiger partial charge in [0.25, 0.3) is 0 Å². The van der Waals surface area contributed by atoms with Crippen LogP contribution in [0, 0.1) is 6.92 Å². The molecule has 1 atom stereocenters. The number of aromatic nitrogens is 1. The predicted octanol–water partition coefficient (Wildman–Crippen LogP) is 3.12. The van der Waals surface area contributed by atoms with Crippen LogP contribution in [-0.4, -0.2) is 41.8 Å². The molecule has 5 heteroatoms. The van der Waals surface area contributed by atoms with Gasteiger partial charge in [0.15, 0.2) is 0 Å². The molecule has 0 spiro atoms. The highest BCUT2D eigenvalue weighted by molar-refractivity contribution is 7.09. The van der Waals surface area contributed by atoms with E-state index in [1.165, 1.54) is 4.88 Å². The number of nitrogens with zero attached hydrogens (tertiary/aromatic N) is 3. The van der Waals surface area contributed by atoms with Crippen molar-refractivity contribution in [3.8, 4) is 0 Å². The van der Waals surface area contributed by atoms with E-state index in [1.807, 2.05) is 23.7 Å².